The number of phenolic OH excluding ortho intramolecular Hbond substituents is 1. The van der Waals surface area contributed by atoms with Gasteiger partial charge in [-0.25, -0.2) is 4.79 Å². The summed E-state index contributed by atoms with van der Waals surface area (Å²) in [7, 11) is 3.03. The summed E-state index contributed by atoms with van der Waals surface area (Å²) in [5.41, 5.74) is 1.39. The van der Waals surface area contributed by atoms with Crippen molar-refractivity contribution in [2.45, 2.75) is 24.5 Å². The highest BCUT2D eigenvalue weighted by Crippen LogP contribution is 2.53. The quantitative estimate of drug-likeness (QED) is 0.233. The third kappa shape index (κ3) is 3.69. The molecule has 2 amide bonds. The molecule has 3 aliphatic carbocycles. The number of nitrogens with one attached hydrogen (secondary N) is 1. The Morgan fingerprint density at radius 2 is 1.95 bits per heavy atom. The molecule has 4 atom stereocenters. The van der Waals surface area contributed by atoms with Crippen molar-refractivity contribution in [1.29, 1.82) is 5.26 Å². The number of nitrogens with zero attached hydrogens (tertiary/aromatic N) is 2. The van der Waals surface area contributed by atoms with E-state index in [9.17, 15) is 39.6 Å². The number of ether oxygens (including phenoxy) is 1. The molecule has 3 aliphatic rings. The number of nitrogens with two attached hydrogens (primary N) is 1. The first-order chi connectivity index (χ1) is 17.4. The number of amides is 2. The van der Waals surface area contributed by atoms with Crippen LogP contribution in [0.3, 0.4) is 0 Å². The standard InChI is InChI=1S/C24H24N4O9/c1-28(2)16-11-8-10-7-9-3-4-12(27-23(35)37-6-5-25)17(29)13(9)18(30)14(10)20(32)24(11,36)21(33)15(19(16)31)22(26)34/h3-4,10-11,16,29-30,33,36H,6-8H2,1-2H3,(H2,26,34)(H,27,35)/t10-,11-,16-,24-/m0/s1. The highest BCUT2D eigenvalue weighted by atomic mass is 16.5. The van der Waals surface area contributed by atoms with Gasteiger partial charge in [-0.3, -0.25) is 24.6 Å². The maximum atomic E-state index is 13.7. The maximum Gasteiger partial charge on any atom is 0.412 e. The van der Waals surface area contributed by atoms with Gasteiger partial charge in [0.2, 0.25) is 5.78 Å². The van der Waals surface area contributed by atoms with Gasteiger partial charge in [0.1, 0.15) is 28.9 Å². The first kappa shape index (κ1) is 25.7. The predicted molar refractivity (Wildman–Crippen MR) is 125 cm³/mol. The van der Waals surface area contributed by atoms with Crippen LogP contribution in [-0.2, 0) is 25.5 Å². The third-order valence-corrected chi connectivity index (χ3v) is 7.10. The minimum atomic E-state index is -2.74. The van der Waals surface area contributed by atoms with Gasteiger partial charge in [0.15, 0.2) is 18.0 Å². The summed E-state index contributed by atoms with van der Waals surface area (Å²) < 4.78 is 4.59. The van der Waals surface area contributed by atoms with Crippen LogP contribution in [0.25, 0.3) is 5.76 Å². The smallest absolute Gasteiger partial charge is 0.412 e. The Morgan fingerprint density at radius 3 is 2.54 bits per heavy atom. The van der Waals surface area contributed by atoms with Crippen molar-refractivity contribution in [3.8, 4) is 11.8 Å². The lowest BCUT2D eigenvalue weighted by Crippen LogP contribution is -2.65. The molecule has 37 heavy (non-hydrogen) atoms. The van der Waals surface area contributed by atoms with Crippen LogP contribution in [0.2, 0.25) is 0 Å². The van der Waals surface area contributed by atoms with Gasteiger partial charge in [0.25, 0.3) is 5.91 Å². The van der Waals surface area contributed by atoms with E-state index in [2.05, 4.69) is 10.1 Å². The van der Waals surface area contributed by atoms with Crippen molar-refractivity contribution in [2.75, 3.05) is 26.0 Å². The Morgan fingerprint density at radius 1 is 1.27 bits per heavy atom. The van der Waals surface area contributed by atoms with E-state index < -0.39 is 76.5 Å². The Bertz CT molecular complexity index is 1360. The van der Waals surface area contributed by atoms with Gasteiger partial charge in [-0.05, 0) is 44.5 Å². The summed E-state index contributed by atoms with van der Waals surface area (Å²) in [4.78, 5) is 52.0. The number of aliphatic hydroxyl groups is 3. The van der Waals surface area contributed by atoms with Crippen LogP contribution in [0, 0.1) is 23.2 Å². The van der Waals surface area contributed by atoms with Crippen molar-refractivity contribution >= 4 is 35.0 Å². The monoisotopic (exact) mass is 512 g/mol. The van der Waals surface area contributed by atoms with Gasteiger partial charge in [-0.15, -0.1) is 0 Å². The van der Waals surface area contributed by atoms with Crippen molar-refractivity contribution < 1.29 is 44.3 Å². The predicted octanol–water partition coefficient (Wildman–Crippen LogP) is 0.0361. The molecule has 0 radical (unpaired) electrons. The summed E-state index contributed by atoms with van der Waals surface area (Å²) in [5.74, 6) is -7.63. The first-order valence-electron chi connectivity index (χ1n) is 11.2. The van der Waals surface area contributed by atoms with Crippen LogP contribution in [0.1, 0.15) is 17.5 Å². The van der Waals surface area contributed by atoms with E-state index in [1.165, 1.54) is 31.1 Å². The normalized spacial score (nSPS) is 26.7. The van der Waals surface area contributed by atoms with Crippen molar-refractivity contribution in [3.63, 3.8) is 0 Å². The molecule has 4 rings (SSSR count). The minimum Gasteiger partial charge on any atom is -0.508 e. The number of fused-ring (bicyclic) bond motifs is 3. The number of anilines is 1. The van der Waals surface area contributed by atoms with Gasteiger partial charge in [-0.1, -0.05) is 6.07 Å². The molecule has 0 heterocycles. The zero-order chi connectivity index (χ0) is 27.4. The number of benzene rings is 1. The van der Waals surface area contributed by atoms with Crippen LogP contribution in [-0.4, -0.2) is 81.2 Å². The Hall–Kier alpha value is -4.41. The molecule has 0 unspecified atom stereocenters. The molecule has 7 N–H and O–H groups in total. The number of hydrogen-bond donors (Lipinski definition) is 6. The summed E-state index contributed by atoms with van der Waals surface area (Å²) in [6.45, 7) is -0.538. The number of Topliss-reactive ketones (excluding diaryl/α,β-unsaturated/α-hetero) is 2. The summed E-state index contributed by atoms with van der Waals surface area (Å²) in [6, 6.07) is 3.30. The molecular formula is C24H24N4O9. The van der Waals surface area contributed by atoms with Gasteiger partial charge >= 0.3 is 6.09 Å². The second kappa shape index (κ2) is 8.91. The molecule has 0 spiro atoms. The number of phenols is 1. The lowest BCUT2D eigenvalue weighted by molar-refractivity contribution is -0.153. The third-order valence-electron chi connectivity index (χ3n) is 7.10. The van der Waals surface area contributed by atoms with Gasteiger partial charge in [-0.2, -0.15) is 5.26 Å². The number of carbonyl (C=O) groups is 4. The summed E-state index contributed by atoms with van der Waals surface area (Å²) in [6.07, 6.45) is -0.965. The number of hydrogen-bond acceptors (Lipinski definition) is 11. The van der Waals surface area contributed by atoms with Crippen LogP contribution in [0.15, 0.2) is 29.0 Å². The van der Waals surface area contributed by atoms with E-state index in [4.69, 9.17) is 11.0 Å². The molecule has 0 aliphatic heterocycles. The largest absolute Gasteiger partial charge is 0.508 e. The van der Waals surface area contributed by atoms with E-state index >= 15 is 0 Å². The van der Waals surface area contributed by atoms with Crippen molar-refractivity contribution in [2.24, 2.45) is 17.6 Å². The number of nitriles is 1. The molecule has 0 aromatic heterocycles. The average molecular weight is 512 g/mol. The lowest BCUT2D eigenvalue weighted by Gasteiger charge is -2.50. The van der Waals surface area contributed by atoms with Crippen LogP contribution in [0.4, 0.5) is 10.5 Å². The molecular weight excluding hydrogens is 488 g/mol. The average Bonchev–Trinajstić information content (AvgIpc) is 2.81. The van der Waals surface area contributed by atoms with Gasteiger partial charge in [0.05, 0.1) is 17.3 Å². The Kier molecular flexibility index (Phi) is 6.19. The number of aliphatic hydroxyl groups excluding tert-OH is 2. The molecule has 1 aromatic rings. The van der Waals surface area contributed by atoms with Crippen LogP contribution < -0.4 is 11.1 Å². The van der Waals surface area contributed by atoms with Crippen molar-refractivity contribution in [3.05, 3.63) is 40.2 Å². The van der Waals surface area contributed by atoms with Gasteiger partial charge in [0, 0.05) is 11.5 Å². The molecule has 0 saturated heterocycles. The number of likely N-dealkylation sites (N-methyl/N-ethyl adjacent to an activating group) is 1. The Labute approximate surface area is 210 Å². The van der Waals surface area contributed by atoms with Crippen LogP contribution in [0.5, 0.6) is 5.75 Å². The fraction of sp³-hybridized carbons (Fsp3) is 0.375. The summed E-state index contributed by atoms with van der Waals surface area (Å²) >= 11 is 0. The van der Waals surface area contributed by atoms with E-state index in [1.807, 2.05) is 0 Å². The van der Waals surface area contributed by atoms with Crippen molar-refractivity contribution in [1.82, 2.24) is 4.90 Å². The molecule has 13 heteroatoms. The highest BCUT2D eigenvalue weighted by molar-refractivity contribution is 6.24. The van der Waals surface area contributed by atoms with E-state index in [-0.39, 0.29) is 29.7 Å². The number of carbonyl (C=O) groups excluding carboxylic acids is 4. The molecule has 1 fully saturated rings. The number of ketones is 2. The number of aromatic hydroxyl groups is 1. The topological polar surface area (TPSA) is 224 Å². The second-order valence-corrected chi connectivity index (χ2v) is 9.32. The number of rotatable bonds is 4. The maximum absolute atomic E-state index is 13.7. The molecule has 13 nitrogen and oxygen atoms in total. The first-order valence-corrected chi connectivity index (χ1v) is 11.2. The zero-order valence-electron chi connectivity index (χ0n) is 19.8. The van der Waals surface area contributed by atoms with E-state index in [1.54, 1.807) is 6.07 Å². The van der Waals surface area contributed by atoms with E-state index in [0.717, 1.165) is 0 Å². The second-order valence-electron chi connectivity index (χ2n) is 9.32. The highest BCUT2D eigenvalue weighted by Gasteiger charge is 2.64. The zero-order valence-corrected chi connectivity index (χ0v) is 19.8. The molecule has 1 saturated carbocycles. The summed E-state index contributed by atoms with van der Waals surface area (Å²) in [5, 5.41) is 55.1. The lowest BCUT2D eigenvalue weighted by atomic mass is 9.57. The molecule has 0 bridgehead atoms. The van der Waals surface area contributed by atoms with E-state index in [0.29, 0.717) is 5.56 Å². The van der Waals surface area contributed by atoms with Gasteiger partial charge < -0.3 is 30.9 Å². The Balaban J connectivity index is 1.85. The SMILES string of the molecule is CN(C)[C@@H]1C(=O)C(C(N)=O)=C(O)[C@@]2(O)C(=O)C3=C(O)c4c(ccc(NC(=O)OCC#N)c4O)C[C@H]3C[C@@H]12. The number of primary amides is 1. The minimum absolute atomic E-state index is 0.0347. The molecule has 194 valence electrons. The fourth-order valence-corrected chi connectivity index (χ4v) is 5.56. The fourth-order valence-electron chi connectivity index (χ4n) is 5.56. The van der Waals surface area contributed by atoms with Crippen LogP contribution >= 0.6 is 0 Å². The molecule has 1 aromatic carbocycles.